The van der Waals surface area contributed by atoms with E-state index in [9.17, 15) is 19.1 Å². The van der Waals surface area contributed by atoms with Crippen molar-refractivity contribution in [2.24, 2.45) is 0 Å². The van der Waals surface area contributed by atoms with Crippen LogP contribution in [-0.2, 0) is 0 Å². The molecule has 1 unspecified atom stereocenters. The number of aromatic carboxylic acids is 1. The van der Waals surface area contributed by atoms with E-state index in [0.29, 0.717) is 11.6 Å². The van der Waals surface area contributed by atoms with E-state index < -0.39 is 11.8 Å². The van der Waals surface area contributed by atoms with Crippen molar-refractivity contribution < 1.29 is 19.1 Å². The van der Waals surface area contributed by atoms with E-state index in [1.807, 2.05) is 6.92 Å². The van der Waals surface area contributed by atoms with Crippen molar-refractivity contribution in [3.63, 3.8) is 0 Å². The van der Waals surface area contributed by atoms with Gasteiger partial charge in [0.15, 0.2) is 0 Å². The minimum absolute atomic E-state index is 0.0875. The molecule has 2 fully saturated rings. The van der Waals surface area contributed by atoms with Crippen molar-refractivity contribution in [1.82, 2.24) is 9.80 Å². The summed E-state index contributed by atoms with van der Waals surface area (Å²) in [6, 6.07) is 2.76. The average Bonchev–Trinajstić information content (AvgIpc) is 2.92. The van der Waals surface area contributed by atoms with Crippen LogP contribution in [0.1, 0.15) is 84.2 Å². The molecule has 1 amide bonds. The van der Waals surface area contributed by atoms with Gasteiger partial charge in [0, 0.05) is 25.2 Å². The molecule has 6 heteroatoms. The van der Waals surface area contributed by atoms with Crippen LogP contribution in [0.5, 0.6) is 0 Å². The summed E-state index contributed by atoms with van der Waals surface area (Å²) in [4.78, 5) is 28.9. The number of carboxylic acids is 1. The predicted octanol–water partition coefficient (Wildman–Crippen LogP) is 3.84. The van der Waals surface area contributed by atoms with Gasteiger partial charge in [-0.2, -0.15) is 0 Å². The lowest BCUT2D eigenvalue weighted by Gasteiger charge is -2.42. The standard InChI is InChI=1S/C21H27FN2O3/c1-13-17-11-14(22)12-18(21(26)27)19(17)20(25)24(13)16-7-9-23(10-8-16)15-5-3-2-4-6-15/h11-13,15-16H,2-10H2,1H3,(H,26,27). The van der Waals surface area contributed by atoms with Gasteiger partial charge >= 0.3 is 5.97 Å². The minimum Gasteiger partial charge on any atom is -0.478 e. The number of carbonyl (C=O) groups is 2. The zero-order valence-electron chi connectivity index (χ0n) is 15.8. The average molecular weight is 374 g/mol. The highest BCUT2D eigenvalue weighted by Gasteiger charge is 2.42. The summed E-state index contributed by atoms with van der Waals surface area (Å²) < 4.78 is 13.9. The molecule has 27 heavy (non-hydrogen) atoms. The maximum Gasteiger partial charge on any atom is 0.336 e. The summed E-state index contributed by atoms with van der Waals surface area (Å²) in [5, 5.41) is 9.41. The van der Waals surface area contributed by atoms with Gasteiger partial charge in [-0.15, -0.1) is 0 Å². The Hall–Kier alpha value is -1.95. The van der Waals surface area contributed by atoms with Crippen LogP contribution >= 0.6 is 0 Å². The third-order valence-electron chi connectivity index (χ3n) is 6.66. The van der Waals surface area contributed by atoms with Crippen LogP contribution in [0, 0.1) is 5.82 Å². The molecular formula is C21H27FN2O3. The fourth-order valence-electron chi connectivity index (χ4n) is 5.28. The number of hydrogen-bond donors (Lipinski definition) is 1. The molecule has 1 saturated heterocycles. The summed E-state index contributed by atoms with van der Waals surface area (Å²) >= 11 is 0. The van der Waals surface area contributed by atoms with Crippen molar-refractivity contribution in [3.05, 3.63) is 34.6 Å². The van der Waals surface area contributed by atoms with Gasteiger partial charge in [0.25, 0.3) is 5.91 Å². The molecule has 146 valence electrons. The molecule has 1 atom stereocenters. The Bertz CT molecular complexity index is 752. The molecule has 3 aliphatic rings. The van der Waals surface area contributed by atoms with Crippen molar-refractivity contribution in [2.45, 2.75) is 70.0 Å². The highest BCUT2D eigenvalue weighted by molar-refractivity contribution is 6.08. The first-order valence-corrected chi connectivity index (χ1v) is 10.1. The van der Waals surface area contributed by atoms with Crippen molar-refractivity contribution in [2.75, 3.05) is 13.1 Å². The number of likely N-dealkylation sites (tertiary alicyclic amines) is 1. The molecule has 4 rings (SSSR count). The zero-order valence-corrected chi connectivity index (χ0v) is 15.8. The van der Waals surface area contributed by atoms with Crippen LogP contribution in [0.3, 0.4) is 0 Å². The smallest absolute Gasteiger partial charge is 0.336 e. The van der Waals surface area contributed by atoms with E-state index in [-0.39, 0.29) is 29.1 Å². The lowest BCUT2D eigenvalue weighted by molar-refractivity contribution is 0.0425. The second-order valence-electron chi connectivity index (χ2n) is 8.17. The fraction of sp³-hybridized carbons (Fsp3) is 0.619. The number of halogens is 1. The molecule has 0 spiro atoms. The molecule has 1 aliphatic carbocycles. The lowest BCUT2D eigenvalue weighted by Crippen LogP contribution is -2.49. The maximum absolute atomic E-state index is 13.9. The minimum atomic E-state index is -1.25. The van der Waals surface area contributed by atoms with Gasteiger partial charge in [-0.3, -0.25) is 4.79 Å². The molecule has 0 bridgehead atoms. The molecule has 1 saturated carbocycles. The largest absolute Gasteiger partial charge is 0.478 e. The van der Waals surface area contributed by atoms with Gasteiger partial charge in [-0.05, 0) is 50.3 Å². The van der Waals surface area contributed by atoms with Gasteiger partial charge in [-0.25, -0.2) is 9.18 Å². The Kier molecular flexibility index (Phi) is 4.93. The van der Waals surface area contributed by atoms with Crippen LogP contribution < -0.4 is 0 Å². The van der Waals surface area contributed by atoms with Crippen LogP contribution in [0.15, 0.2) is 12.1 Å². The molecule has 1 aromatic rings. The number of hydrogen-bond acceptors (Lipinski definition) is 3. The van der Waals surface area contributed by atoms with Crippen molar-refractivity contribution in [1.29, 1.82) is 0 Å². The van der Waals surface area contributed by atoms with E-state index >= 15 is 0 Å². The van der Waals surface area contributed by atoms with Gasteiger partial charge in [-0.1, -0.05) is 19.3 Å². The Labute approximate surface area is 159 Å². The van der Waals surface area contributed by atoms with Crippen LogP contribution in [0.4, 0.5) is 4.39 Å². The number of carbonyl (C=O) groups excluding carboxylic acids is 1. The number of rotatable bonds is 3. The number of amides is 1. The summed E-state index contributed by atoms with van der Waals surface area (Å²) in [6.45, 7) is 3.83. The molecule has 2 heterocycles. The molecule has 0 aromatic heterocycles. The highest BCUT2D eigenvalue weighted by atomic mass is 19.1. The van der Waals surface area contributed by atoms with Crippen LogP contribution in [0.2, 0.25) is 0 Å². The second-order valence-corrected chi connectivity index (χ2v) is 8.17. The fourth-order valence-corrected chi connectivity index (χ4v) is 5.28. The molecule has 0 radical (unpaired) electrons. The summed E-state index contributed by atoms with van der Waals surface area (Å²) in [7, 11) is 0. The van der Waals surface area contributed by atoms with E-state index in [1.165, 1.54) is 38.2 Å². The van der Waals surface area contributed by atoms with Gasteiger partial charge < -0.3 is 14.9 Å². The van der Waals surface area contributed by atoms with Gasteiger partial charge in [0.1, 0.15) is 5.82 Å². The van der Waals surface area contributed by atoms with Crippen LogP contribution in [0.25, 0.3) is 0 Å². The first kappa shape index (κ1) is 18.4. The van der Waals surface area contributed by atoms with Crippen molar-refractivity contribution in [3.8, 4) is 0 Å². The number of fused-ring (bicyclic) bond motifs is 1. The molecule has 2 aliphatic heterocycles. The van der Waals surface area contributed by atoms with E-state index in [1.54, 1.807) is 4.90 Å². The third-order valence-corrected chi connectivity index (χ3v) is 6.66. The molecule has 1 aromatic carbocycles. The first-order valence-electron chi connectivity index (χ1n) is 10.1. The normalized spacial score (nSPS) is 25.0. The highest BCUT2D eigenvalue weighted by Crippen LogP contribution is 2.39. The third kappa shape index (κ3) is 3.24. The molecule has 1 N–H and O–H groups in total. The number of benzene rings is 1. The van der Waals surface area contributed by atoms with E-state index in [4.69, 9.17) is 0 Å². The zero-order chi connectivity index (χ0) is 19.1. The summed E-state index contributed by atoms with van der Waals surface area (Å²) in [6.07, 6.45) is 8.30. The van der Waals surface area contributed by atoms with E-state index in [2.05, 4.69) is 4.90 Å². The molecule has 5 nitrogen and oxygen atoms in total. The van der Waals surface area contributed by atoms with Crippen LogP contribution in [-0.4, -0.2) is 52.0 Å². The first-order chi connectivity index (χ1) is 13.0. The predicted molar refractivity (Wildman–Crippen MR) is 99.4 cm³/mol. The quantitative estimate of drug-likeness (QED) is 0.873. The lowest BCUT2D eigenvalue weighted by atomic mass is 9.91. The monoisotopic (exact) mass is 374 g/mol. The Morgan fingerprint density at radius 2 is 1.74 bits per heavy atom. The Morgan fingerprint density at radius 3 is 2.37 bits per heavy atom. The molecular weight excluding hydrogens is 347 g/mol. The van der Waals surface area contributed by atoms with Crippen molar-refractivity contribution >= 4 is 11.9 Å². The van der Waals surface area contributed by atoms with Gasteiger partial charge in [0.2, 0.25) is 0 Å². The summed E-state index contributed by atoms with van der Waals surface area (Å²) in [5.41, 5.74) is 0.460. The SMILES string of the molecule is CC1c2cc(F)cc(C(=O)O)c2C(=O)N1C1CCN(C2CCCCC2)CC1. The van der Waals surface area contributed by atoms with Gasteiger partial charge in [0.05, 0.1) is 17.2 Å². The number of piperidine rings is 1. The Balaban J connectivity index is 1.51. The number of carboxylic acid groups (broad SMARTS) is 1. The topological polar surface area (TPSA) is 60.9 Å². The second kappa shape index (κ2) is 7.23. The summed E-state index contributed by atoms with van der Waals surface area (Å²) in [5.74, 6) is -2.11. The van der Waals surface area contributed by atoms with E-state index in [0.717, 1.165) is 32.0 Å². The Morgan fingerprint density at radius 1 is 1.07 bits per heavy atom. The maximum atomic E-state index is 13.9. The number of nitrogens with zero attached hydrogens (tertiary/aromatic N) is 2.